The molecule has 0 aliphatic carbocycles. The van der Waals surface area contributed by atoms with Crippen molar-refractivity contribution in [3.63, 3.8) is 0 Å². The van der Waals surface area contributed by atoms with Gasteiger partial charge in [-0.2, -0.15) is 0 Å². The molecule has 18 heavy (non-hydrogen) atoms. The highest BCUT2D eigenvalue weighted by molar-refractivity contribution is 5.81. The maximum atomic E-state index is 10.8. The van der Waals surface area contributed by atoms with Gasteiger partial charge < -0.3 is 26.4 Å². The van der Waals surface area contributed by atoms with E-state index in [1.807, 2.05) is 0 Å². The highest BCUT2D eigenvalue weighted by Gasteiger charge is 2.70. The maximum Gasteiger partial charge on any atom is 0.346 e. The molecule has 1 saturated heterocycles. The molecule has 0 spiro atoms. The third kappa shape index (κ3) is 1.11. The number of hydrogen-bond acceptors (Lipinski definition) is 8. The summed E-state index contributed by atoms with van der Waals surface area (Å²) in [7, 11) is 0. The molecule has 0 aromatic heterocycles. The maximum absolute atomic E-state index is 10.8. The van der Waals surface area contributed by atoms with Crippen LogP contribution in [-0.2, 0) is 0 Å². The Hall–Kier alpha value is -1.58. The van der Waals surface area contributed by atoms with Crippen LogP contribution in [0, 0.1) is 0 Å². The predicted octanol–water partition coefficient (Wildman–Crippen LogP) is -4.65. The summed E-state index contributed by atoms with van der Waals surface area (Å²) in [5.41, 5.74) is 8.10. The zero-order valence-corrected chi connectivity index (χ0v) is 9.67. The summed E-state index contributed by atoms with van der Waals surface area (Å²) < 4.78 is 1.45. The lowest BCUT2D eigenvalue weighted by atomic mass is 9.86. The minimum atomic E-state index is -1.71. The van der Waals surface area contributed by atoms with Gasteiger partial charge in [0.15, 0.2) is 12.0 Å². The van der Waals surface area contributed by atoms with Crippen LogP contribution in [0.5, 0.6) is 0 Å². The molecule has 0 amide bonds. The van der Waals surface area contributed by atoms with Gasteiger partial charge in [0.1, 0.15) is 6.04 Å². The first-order chi connectivity index (χ1) is 8.42. The monoisotopic (exact) mass is 257 g/mol. The molecule has 3 aliphatic rings. The van der Waals surface area contributed by atoms with Gasteiger partial charge in [0.2, 0.25) is 5.72 Å². The minimum Gasteiger partial charge on any atom is -0.393 e. The molecule has 9 heteroatoms. The van der Waals surface area contributed by atoms with Gasteiger partial charge >= 0.3 is 5.96 Å². The molecule has 4 atom stereocenters. The van der Waals surface area contributed by atoms with Gasteiger partial charge in [-0.05, 0) is 0 Å². The van der Waals surface area contributed by atoms with Crippen LogP contribution in [0.15, 0.2) is 4.99 Å². The van der Waals surface area contributed by atoms with Crippen molar-refractivity contribution >= 4 is 11.9 Å². The van der Waals surface area contributed by atoms with Crippen molar-refractivity contribution < 1.29 is 19.9 Å². The predicted molar refractivity (Wildman–Crippen MR) is 61.4 cm³/mol. The van der Waals surface area contributed by atoms with Crippen LogP contribution in [-0.4, -0.2) is 68.5 Å². The molecule has 0 aromatic carbocycles. The number of nitrogens with two attached hydrogens (primary N) is 2. The van der Waals surface area contributed by atoms with Crippen molar-refractivity contribution in [1.29, 1.82) is 0 Å². The average molecular weight is 257 g/mol. The second-order valence-corrected chi connectivity index (χ2v) is 4.89. The van der Waals surface area contributed by atoms with E-state index in [1.54, 1.807) is 0 Å². The molecule has 3 aliphatic heterocycles. The number of hydrogen-bond donors (Lipinski definition) is 7. The van der Waals surface area contributed by atoms with Gasteiger partial charge in [-0.3, -0.25) is 11.1 Å². The number of nitrogens with one attached hydrogen (secondary N) is 2. The van der Waals surface area contributed by atoms with Crippen molar-refractivity contribution in [2.45, 2.75) is 30.0 Å². The minimum absolute atomic E-state index is 0.0368. The summed E-state index contributed by atoms with van der Waals surface area (Å²) in [6, 6.07) is -1.40. The van der Waals surface area contributed by atoms with Crippen LogP contribution >= 0.6 is 0 Å². The second kappa shape index (κ2) is 3.25. The van der Waals surface area contributed by atoms with E-state index in [0.29, 0.717) is 6.54 Å². The summed E-state index contributed by atoms with van der Waals surface area (Å²) in [5, 5.41) is 36.2. The van der Waals surface area contributed by atoms with E-state index < -0.39 is 23.5 Å². The van der Waals surface area contributed by atoms with Crippen molar-refractivity contribution in [3.05, 3.63) is 0 Å². The van der Waals surface area contributed by atoms with Crippen molar-refractivity contribution in [2.24, 2.45) is 16.5 Å². The molecule has 9 nitrogen and oxygen atoms in total. The standard InChI is InChI=1S/C9H16N6O3/c10-6-13-5-4(3-16)12-7(11)15-2-1-8(17,14-6)9(5,15)18/h4-5,16-18H,1-3H2,(H5,10,11,12,13,14)/p+1/t4-,5-,8-,9-/m0/s1. The number of guanidine groups is 2. The second-order valence-electron chi connectivity index (χ2n) is 4.89. The molecule has 0 bridgehead atoms. The van der Waals surface area contributed by atoms with Crippen LogP contribution in [0.4, 0.5) is 0 Å². The molecule has 3 rings (SSSR count). The first-order valence-corrected chi connectivity index (χ1v) is 5.76. The fraction of sp³-hybridized carbons (Fsp3) is 0.778. The molecule has 9 N–H and O–H groups in total. The van der Waals surface area contributed by atoms with Crippen LogP contribution in [0.3, 0.4) is 0 Å². The summed E-state index contributed by atoms with van der Waals surface area (Å²) in [6.45, 7) is 0.0741. The number of rotatable bonds is 1. The molecule has 0 radical (unpaired) electrons. The van der Waals surface area contributed by atoms with Crippen LogP contribution in [0.1, 0.15) is 6.42 Å². The van der Waals surface area contributed by atoms with Crippen molar-refractivity contribution in [3.8, 4) is 0 Å². The van der Waals surface area contributed by atoms with Gasteiger partial charge in [-0.1, -0.05) is 0 Å². The molecular weight excluding hydrogens is 240 g/mol. The van der Waals surface area contributed by atoms with E-state index in [0.717, 1.165) is 0 Å². The first-order valence-electron chi connectivity index (χ1n) is 5.76. The Morgan fingerprint density at radius 2 is 2.17 bits per heavy atom. The Balaban J connectivity index is 2.20. The summed E-state index contributed by atoms with van der Waals surface area (Å²) >= 11 is 0. The summed E-state index contributed by atoms with van der Waals surface area (Å²) in [5.74, 6) is 0.246. The lowest BCUT2D eigenvalue weighted by molar-refractivity contribution is -0.663. The van der Waals surface area contributed by atoms with Gasteiger partial charge in [-0.15, -0.1) is 0 Å². The number of aliphatic hydroxyl groups excluding tert-OH is 1. The first kappa shape index (κ1) is 11.5. The zero-order chi connectivity index (χ0) is 13.1. The molecule has 0 aromatic rings. The molecule has 1 fully saturated rings. The van der Waals surface area contributed by atoms with E-state index in [4.69, 9.17) is 11.5 Å². The SMILES string of the molecule is NC1=N[C@H]2[C@H](CO)NC(N)=[N+]3CC[C@@](O)(N1)[C@@]23O. The fourth-order valence-electron chi connectivity index (χ4n) is 3.06. The van der Waals surface area contributed by atoms with Crippen LogP contribution < -0.4 is 22.1 Å². The Kier molecular flexibility index (Phi) is 2.08. The highest BCUT2D eigenvalue weighted by Crippen LogP contribution is 2.40. The Bertz CT molecular complexity index is 465. The average Bonchev–Trinajstić information content (AvgIpc) is 2.56. The van der Waals surface area contributed by atoms with E-state index in [1.165, 1.54) is 4.58 Å². The smallest absolute Gasteiger partial charge is 0.346 e. The molecule has 100 valence electrons. The summed E-state index contributed by atoms with van der Waals surface area (Å²) in [6.07, 6.45) is 0.247. The van der Waals surface area contributed by atoms with Gasteiger partial charge in [0, 0.05) is 6.42 Å². The number of nitrogens with zero attached hydrogens (tertiary/aromatic N) is 2. The fourth-order valence-corrected chi connectivity index (χ4v) is 3.06. The highest BCUT2D eigenvalue weighted by atomic mass is 16.4. The van der Waals surface area contributed by atoms with E-state index >= 15 is 0 Å². The Morgan fingerprint density at radius 1 is 1.44 bits per heavy atom. The topological polar surface area (TPSA) is 152 Å². The summed E-state index contributed by atoms with van der Waals surface area (Å²) in [4.78, 5) is 4.09. The molecule has 0 unspecified atom stereocenters. The van der Waals surface area contributed by atoms with E-state index in [2.05, 4.69) is 15.6 Å². The lowest BCUT2D eigenvalue weighted by Crippen LogP contribution is -2.80. The van der Waals surface area contributed by atoms with Crippen LogP contribution in [0.2, 0.25) is 0 Å². The normalized spacial score (nSPS) is 46.1. The van der Waals surface area contributed by atoms with E-state index in [-0.39, 0.29) is 24.9 Å². The quantitative estimate of drug-likeness (QED) is 0.233. The molecule has 0 saturated carbocycles. The van der Waals surface area contributed by atoms with Crippen molar-refractivity contribution in [1.82, 2.24) is 10.6 Å². The zero-order valence-electron chi connectivity index (χ0n) is 9.67. The third-order valence-corrected chi connectivity index (χ3v) is 3.94. The third-order valence-electron chi connectivity index (χ3n) is 3.94. The van der Waals surface area contributed by atoms with Crippen molar-refractivity contribution in [2.75, 3.05) is 13.2 Å². The molecule has 3 heterocycles. The largest absolute Gasteiger partial charge is 0.393 e. The Morgan fingerprint density at radius 3 is 2.83 bits per heavy atom. The van der Waals surface area contributed by atoms with Crippen LogP contribution in [0.25, 0.3) is 0 Å². The van der Waals surface area contributed by atoms with E-state index in [9.17, 15) is 15.3 Å². The van der Waals surface area contributed by atoms with Gasteiger partial charge in [-0.25, -0.2) is 9.57 Å². The molecular formula is C9H17N6O3+. The lowest BCUT2D eigenvalue weighted by Gasteiger charge is -2.47. The van der Waals surface area contributed by atoms with Gasteiger partial charge in [0.05, 0.1) is 13.2 Å². The van der Waals surface area contributed by atoms with Gasteiger partial charge in [0.25, 0.3) is 5.72 Å². The Labute approximate surface area is 103 Å². The number of aliphatic imine (C=N–C) groups is 1. The number of aliphatic hydroxyl groups is 3.